The number of carbonyl (C=O) groups is 1. The van der Waals surface area contributed by atoms with Crippen molar-refractivity contribution >= 4 is 29.1 Å². The third-order valence-corrected chi connectivity index (χ3v) is 6.29. The van der Waals surface area contributed by atoms with Crippen LogP contribution in [0.4, 0.5) is 0 Å². The molecule has 6 heteroatoms. The lowest BCUT2D eigenvalue weighted by atomic mass is 9.91. The number of rotatable bonds is 5. The molecule has 148 valence electrons. The molecule has 0 bridgehead atoms. The maximum atomic E-state index is 13.4. The number of amides is 1. The summed E-state index contributed by atoms with van der Waals surface area (Å²) in [6, 6.07) is 14.0. The molecular formula is C22H25Cl2N3O. The van der Waals surface area contributed by atoms with Gasteiger partial charge >= 0.3 is 0 Å². The summed E-state index contributed by atoms with van der Waals surface area (Å²) < 4.78 is 0. The fraction of sp³-hybridized carbons (Fsp3) is 0.409. The van der Waals surface area contributed by atoms with Gasteiger partial charge in [0.2, 0.25) is 5.91 Å². The second-order valence-corrected chi connectivity index (χ2v) is 8.55. The summed E-state index contributed by atoms with van der Waals surface area (Å²) in [6.45, 7) is 4.20. The third-order valence-electron chi connectivity index (χ3n) is 5.85. The Bertz CT molecular complexity index is 819. The van der Waals surface area contributed by atoms with Crippen molar-refractivity contribution in [2.24, 2.45) is 0 Å². The Morgan fingerprint density at radius 2 is 1.64 bits per heavy atom. The molecule has 1 saturated heterocycles. The largest absolute Gasteiger partial charge is 0.354 e. The van der Waals surface area contributed by atoms with E-state index in [1.165, 1.54) is 11.1 Å². The number of halogens is 2. The molecule has 0 aromatic heterocycles. The van der Waals surface area contributed by atoms with Gasteiger partial charge in [-0.1, -0.05) is 47.5 Å². The SMILES string of the molecule is O=C(NCCc1cc(Cl)cc(Cl)c1)C1(N2CCNCC2)Cc2ccccc2C1. The highest BCUT2D eigenvalue weighted by molar-refractivity contribution is 6.34. The predicted molar refractivity (Wildman–Crippen MR) is 114 cm³/mol. The van der Waals surface area contributed by atoms with E-state index in [4.69, 9.17) is 23.2 Å². The first-order valence-electron chi connectivity index (χ1n) is 9.83. The van der Waals surface area contributed by atoms with Crippen LogP contribution in [0.2, 0.25) is 10.0 Å². The van der Waals surface area contributed by atoms with E-state index in [1.54, 1.807) is 6.07 Å². The van der Waals surface area contributed by atoms with E-state index in [9.17, 15) is 4.79 Å². The molecule has 2 N–H and O–H groups in total. The fourth-order valence-corrected chi connectivity index (χ4v) is 5.03. The maximum Gasteiger partial charge on any atom is 0.241 e. The molecule has 2 aromatic rings. The van der Waals surface area contributed by atoms with Crippen molar-refractivity contribution in [2.75, 3.05) is 32.7 Å². The zero-order valence-electron chi connectivity index (χ0n) is 15.8. The van der Waals surface area contributed by atoms with Crippen molar-refractivity contribution in [1.82, 2.24) is 15.5 Å². The molecule has 28 heavy (non-hydrogen) atoms. The molecule has 0 spiro atoms. The second kappa shape index (κ2) is 8.42. The highest BCUT2D eigenvalue weighted by Gasteiger charge is 2.48. The molecule has 4 rings (SSSR count). The zero-order valence-corrected chi connectivity index (χ0v) is 17.3. The Hall–Kier alpha value is -1.59. The van der Waals surface area contributed by atoms with E-state index >= 15 is 0 Å². The summed E-state index contributed by atoms with van der Waals surface area (Å²) in [7, 11) is 0. The van der Waals surface area contributed by atoms with Crippen LogP contribution in [0.1, 0.15) is 16.7 Å². The lowest BCUT2D eigenvalue weighted by Gasteiger charge is -2.42. The van der Waals surface area contributed by atoms with Gasteiger partial charge in [0.15, 0.2) is 0 Å². The van der Waals surface area contributed by atoms with E-state index in [0.717, 1.165) is 44.6 Å². The highest BCUT2D eigenvalue weighted by atomic mass is 35.5. The van der Waals surface area contributed by atoms with Crippen LogP contribution in [0.3, 0.4) is 0 Å². The molecule has 1 fully saturated rings. The van der Waals surface area contributed by atoms with Crippen LogP contribution in [-0.4, -0.2) is 49.1 Å². The average molecular weight is 418 g/mol. The average Bonchev–Trinajstić information content (AvgIpc) is 3.09. The lowest BCUT2D eigenvalue weighted by Crippen LogP contribution is -2.64. The van der Waals surface area contributed by atoms with Crippen molar-refractivity contribution in [2.45, 2.75) is 24.8 Å². The number of carbonyl (C=O) groups excluding carboxylic acids is 1. The van der Waals surface area contributed by atoms with Gasteiger partial charge in [-0.15, -0.1) is 0 Å². The Labute approximate surface area is 176 Å². The van der Waals surface area contributed by atoms with Gasteiger partial charge in [-0.25, -0.2) is 0 Å². The molecule has 0 atom stereocenters. The van der Waals surface area contributed by atoms with Crippen molar-refractivity contribution in [3.63, 3.8) is 0 Å². The van der Waals surface area contributed by atoms with Crippen LogP contribution in [0.25, 0.3) is 0 Å². The molecule has 1 amide bonds. The van der Waals surface area contributed by atoms with Crippen molar-refractivity contribution < 1.29 is 4.79 Å². The summed E-state index contributed by atoms with van der Waals surface area (Å²) in [5.41, 5.74) is 3.12. The molecule has 0 saturated carbocycles. The molecule has 0 unspecified atom stereocenters. The van der Waals surface area contributed by atoms with Crippen LogP contribution in [0, 0.1) is 0 Å². The number of hydrogen-bond donors (Lipinski definition) is 2. The minimum absolute atomic E-state index is 0.124. The lowest BCUT2D eigenvalue weighted by molar-refractivity contribution is -0.133. The van der Waals surface area contributed by atoms with Gasteiger partial charge < -0.3 is 10.6 Å². The Morgan fingerprint density at radius 1 is 1.04 bits per heavy atom. The first-order chi connectivity index (χ1) is 13.6. The van der Waals surface area contributed by atoms with E-state index in [2.05, 4.69) is 39.8 Å². The number of piperazine rings is 1. The molecule has 2 aliphatic rings. The minimum Gasteiger partial charge on any atom is -0.354 e. The molecule has 1 aliphatic carbocycles. The van der Waals surface area contributed by atoms with E-state index < -0.39 is 5.54 Å². The van der Waals surface area contributed by atoms with Crippen LogP contribution in [0.5, 0.6) is 0 Å². The molecule has 1 aliphatic heterocycles. The van der Waals surface area contributed by atoms with Gasteiger partial charge in [-0.2, -0.15) is 0 Å². The fourth-order valence-electron chi connectivity index (χ4n) is 4.46. The van der Waals surface area contributed by atoms with Crippen molar-refractivity contribution in [3.05, 3.63) is 69.2 Å². The molecular weight excluding hydrogens is 393 g/mol. The molecule has 2 aromatic carbocycles. The number of fused-ring (bicyclic) bond motifs is 1. The van der Waals surface area contributed by atoms with Crippen LogP contribution in [-0.2, 0) is 24.1 Å². The monoisotopic (exact) mass is 417 g/mol. The van der Waals surface area contributed by atoms with E-state index in [1.807, 2.05) is 12.1 Å². The smallest absolute Gasteiger partial charge is 0.241 e. The normalized spacial score (nSPS) is 18.6. The van der Waals surface area contributed by atoms with Crippen molar-refractivity contribution in [3.8, 4) is 0 Å². The first-order valence-corrected chi connectivity index (χ1v) is 10.6. The van der Waals surface area contributed by atoms with Gasteiger partial charge in [0.1, 0.15) is 5.54 Å². The second-order valence-electron chi connectivity index (χ2n) is 7.67. The van der Waals surface area contributed by atoms with Gasteiger partial charge in [-0.05, 0) is 41.3 Å². The number of hydrogen-bond acceptors (Lipinski definition) is 3. The van der Waals surface area contributed by atoms with E-state index in [-0.39, 0.29) is 5.91 Å². The molecule has 1 heterocycles. The van der Waals surface area contributed by atoms with E-state index in [0.29, 0.717) is 23.0 Å². The van der Waals surface area contributed by atoms with Gasteiger partial charge in [-0.3, -0.25) is 9.69 Å². The van der Waals surface area contributed by atoms with Gasteiger partial charge in [0.05, 0.1) is 0 Å². The van der Waals surface area contributed by atoms with Crippen LogP contribution < -0.4 is 10.6 Å². The van der Waals surface area contributed by atoms with Crippen molar-refractivity contribution in [1.29, 1.82) is 0 Å². The van der Waals surface area contributed by atoms with Gasteiger partial charge in [0.25, 0.3) is 0 Å². The molecule has 0 radical (unpaired) electrons. The predicted octanol–water partition coefficient (Wildman–Crippen LogP) is 3.09. The first kappa shape index (κ1) is 19.7. The topological polar surface area (TPSA) is 44.4 Å². The summed E-state index contributed by atoms with van der Waals surface area (Å²) in [5.74, 6) is 0.124. The highest BCUT2D eigenvalue weighted by Crippen LogP contribution is 2.35. The van der Waals surface area contributed by atoms with Crippen LogP contribution >= 0.6 is 23.2 Å². The maximum absolute atomic E-state index is 13.4. The summed E-state index contributed by atoms with van der Waals surface area (Å²) in [6.07, 6.45) is 2.26. The minimum atomic E-state index is -0.488. The Kier molecular flexibility index (Phi) is 5.93. The Balaban J connectivity index is 1.48. The third kappa shape index (κ3) is 4.06. The quantitative estimate of drug-likeness (QED) is 0.785. The number of nitrogens with one attached hydrogen (secondary N) is 2. The number of benzene rings is 2. The standard InChI is InChI=1S/C22H25Cl2N3O/c23-19-11-16(12-20(24)13-19)5-6-26-21(28)22(27-9-7-25-8-10-27)14-17-3-1-2-4-18(17)15-22/h1-4,11-13,25H,5-10,14-15H2,(H,26,28). The molecule has 4 nitrogen and oxygen atoms in total. The Morgan fingerprint density at radius 3 is 2.25 bits per heavy atom. The van der Waals surface area contributed by atoms with Crippen LogP contribution in [0.15, 0.2) is 42.5 Å². The summed E-state index contributed by atoms with van der Waals surface area (Å²) in [5, 5.41) is 7.84. The summed E-state index contributed by atoms with van der Waals surface area (Å²) in [4.78, 5) is 15.8. The van der Waals surface area contributed by atoms with Gasteiger partial charge in [0, 0.05) is 55.6 Å². The zero-order chi connectivity index (χ0) is 19.6. The summed E-state index contributed by atoms with van der Waals surface area (Å²) >= 11 is 12.2. The number of nitrogens with zero attached hydrogens (tertiary/aromatic N) is 1.